The van der Waals surface area contributed by atoms with Crippen molar-refractivity contribution in [1.82, 2.24) is 15.2 Å². The maximum absolute atomic E-state index is 12.3. The predicted molar refractivity (Wildman–Crippen MR) is 107 cm³/mol. The Hall–Kier alpha value is -2.93. The Balaban J connectivity index is 1.39. The van der Waals surface area contributed by atoms with Gasteiger partial charge in [0.1, 0.15) is 6.04 Å². The van der Waals surface area contributed by atoms with Crippen LogP contribution in [-0.2, 0) is 11.2 Å². The summed E-state index contributed by atoms with van der Waals surface area (Å²) in [6.45, 7) is 2.70. The molecule has 0 unspecified atom stereocenters. The fourth-order valence-electron chi connectivity index (χ4n) is 3.12. The Labute approximate surface area is 161 Å². The molecule has 1 saturated heterocycles. The molecule has 1 aliphatic heterocycles. The maximum Gasteiger partial charge on any atom is 0.324 e. The van der Waals surface area contributed by atoms with Gasteiger partial charge in [0.25, 0.3) is 5.91 Å². The molecule has 0 spiro atoms. The number of carbonyl (C=O) groups is 2. The van der Waals surface area contributed by atoms with Crippen molar-refractivity contribution in [3.8, 4) is 0 Å². The van der Waals surface area contributed by atoms with Gasteiger partial charge in [-0.05, 0) is 36.8 Å². The summed E-state index contributed by atoms with van der Waals surface area (Å²) in [5, 5.41) is 6.89. The number of hydrogen-bond donors (Lipinski definition) is 2. The molecule has 1 atom stereocenters. The predicted octanol–water partition coefficient (Wildman–Crippen LogP) is 3.24. The maximum atomic E-state index is 12.3. The molecule has 3 aromatic rings. The summed E-state index contributed by atoms with van der Waals surface area (Å²) in [5.41, 5.74) is 3.05. The van der Waals surface area contributed by atoms with Gasteiger partial charge in [0.05, 0.1) is 15.2 Å². The van der Waals surface area contributed by atoms with Crippen molar-refractivity contribution in [3.63, 3.8) is 0 Å². The number of thiazole rings is 1. The van der Waals surface area contributed by atoms with Crippen LogP contribution in [0.1, 0.15) is 17.5 Å². The van der Waals surface area contributed by atoms with Crippen molar-refractivity contribution >= 4 is 39.2 Å². The quantitative estimate of drug-likeness (QED) is 0.713. The molecule has 2 N–H and O–H groups in total. The van der Waals surface area contributed by atoms with E-state index in [1.54, 1.807) is 18.3 Å². The van der Waals surface area contributed by atoms with E-state index in [1.807, 2.05) is 42.5 Å². The molecule has 0 aliphatic carbocycles. The lowest BCUT2D eigenvalue weighted by Crippen LogP contribution is -2.43. The average molecular weight is 380 g/mol. The molecule has 6 nitrogen and oxygen atoms in total. The number of urea groups is 1. The molecule has 1 aliphatic rings. The van der Waals surface area contributed by atoms with Crippen molar-refractivity contribution < 1.29 is 9.59 Å². The second-order valence-electron chi connectivity index (χ2n) is 6.54. The number of aromatic nitrogens is 1. The van der Waals surface area contributed by atoms with E-state index in [2.05, 4.69) is 21.7 Å². The summed E-state index contributed by atoms with van der Waals surface area (Å²) in [6, 6.07) is 15.3. The number of amides is 3. The molecule has 1 fully saturated rings. The molecule has 2 aromatic carbocycles. The van der Waals surface area contributed by atoms with Gasteiger partial charge in [-0.3, -0.25) is 9.69 Å². The van der Waals surface area contributed by atoms with Crippen molar-refractivity contribution in [2.45, 2.75) is 19.4 Å². The van der Waals surface area contributed by atoms with E-state index in [9.17, 15) is 9.59 Å². The zero-order valence-electron chi connectivity index (χ0n) is 14.9. The number of anilines is 1. The smallest absolute Gasteiger partial charge is 0.324 e. The van der Waals surface area contributed by atoms with Crippen LogP contribution in [0, 0.1) is 0 Å². The van der Waals surface area contributed by atoms with Crippen LogP contribution in [0.3, 0.4) is 0 Å². The van der Waals surface area contributed by atoms with E-state index in [-0.39, 0.29) is 11.9 Å². The lowest BCUT2D eigenvalue weighted by atomic mass is 10.1. The zero-order chi connectivity index (χ0) is 18.8. The Bertz CT molecular complexity index is 950. The number of nitrogens with one attached hydrogen (secondary N) is 2. The molecule has 27 heavy (non-hydrogen) atoms. The van der Waals surface area contributed by atoms with Crippen LogP contribution in [0.2, 0.25) is 0 Å². The highest BCUT2D eigenvalue weighted by Gasteiger charge is 2.29. The zero-order valence-corrected chi connectivity index (χ0v) is 15.8. The fraction of sp³-hybridized carbons (Fsp3) is 0.250. The number of carbonyl (C=O) groups excluding carboxylic acids is 2. The van der Waals surface area contributed by atoms with E-state index < -0.39 is 6.04 Å². The summed E-state index contributed by atoms with van der Waals surface area (Å²) in [5.74, 6) is -0.219. The van der Waals surface area contributed by atoms with Crippen molar-refractivity contribution in [1.29, 1.82) is 0 Å². The van der Waals surface area contributed by atoms with Gasteiger partial charge in [-0.25, -0.2) is 9.78 Å². The van der Waals surface area contributed by atoms with Gasteiger partial charge in [0.15, 0.2) is 0 Å². The number of hydrogen-bond acceptors (Lipinski definition) is 5. The SMILES string of the molecule is C[C@H](Nc1ccc(Cc2nc3ccccc3s2)cc1)C(=O)N1CCNC1=O. The second kappa shape index (κ2) is 7.36. The summed E-state index contributed by atoms with van der Waals surface area (Å²) in [6.07, 6.45) is 0.780. The molecular formula is C20H20N4O2S. The molecular weight excluding hydrogens is 360 g/mol. The monoisotopic (exact) mass is 380 g/mol. The van der Waals surface area contributed by atoms with Crippen LogP contribution in [0.5, 0.6) is 0 Å². The molecule has 0 saturated carbocycles. The lowest BCUT2D eigenvalue weighted by Gasteiger charge is -2.19. The van der Waals surface area contributed by atoms with Crippen LogP contribution in [0.4, 0.5) is 10.5 Å². The van der Waals surface area contributed by atoms with Gasteiger partial charge in [-0.2, -0.15) is 0 Å². The Morgan fingerprint density at radius 2 is 2.04 bits per heavy atom. The Kier molecular flexibility index (Phi) is 4.77. The number of imide groups is 1. The van der Waals surface area contributed by atoms with Crippen molar-refractivity contribution in [2.24, 2.45) is 0 Å². The minimum atomic E-state index is -0.469. The van der Waals surface area contributed by atoms with Crippen molar-refractivity contribution in [2.75, 3.05) is 18.4 Å². The van der Waals surface area contributed by atoms with E-state index in [0.29, 0.717) is 13.1 Å². The normalized spacial score (nSPS) is 15.0. The highest BCUT2D eigenvalue weighted by Crippen LogP contribution is 2.24. The minimum Gasteiger partial charge on any atom is -0.374 e. The van der Waals surface area contributed by atoms with Crippen LogP contribution in [0.25, 0.3) is 10.2 Å². The van der Waals surface area contributed by atoms with E-state index in [4.69, 9.17) is 0 Å². The number of para-hydroxylation sites is 1. The van der Waals surface area contributed by atoms with E-state index in [0.717, 1.165) is 28.2 Å². The molecule has 1 aromatic heterocycles. The summed E-state index contributed by atoms with van der Waals surface area (Å²) >= 11 is 1.71. The first-order valence-corrected chi connectivity index (χ1v) is 9.71. The standard InChI is InChI=1S/C20H20N4O2S/c1-13(19(25)24-11-10-21-20(24)26)22-15-8-6-14(7-9-15)12-18-23-16-4-2-3-5-17(16)27-18/h2-9,13,22H,10-12H2,1H3,(H,21,26)/t13-/m0/s1. The topological polar surface area (TPSA) is 74.3 Å². The molecule has 3 amide bonds. The minimum absolute atomic E-state index is 0.219. The molecule has 2 heterocycles. The van der Waals surface area contributed by atoms with Gasteiger partial charge in [-0.15, -0.1) is 11.3 Å². The van der Waals surface area contributed by atoms with E-state index in [1.165, 1.54) is 9.60 Å². The largest absolute Gasteiger partial charge is 0.374 e. The summed E-state index contributed by atoms with van der Waals surface area (Å²) in [7, 11) is 0. The molecule has 138 valence electrons. The molecule has 0 radical (unpaired) electrons. The van der Waals surface area contributed by atoms with Gasteiger partial charge in [-0.1, -0.05) is 24.3 Å². The second-order valence-corrected chi connectivity index (χ2v) is 7.65. The van der Waals surface area contributed by atoms with Crippen molar-refractivity contribution in [3.05, 3.63) is 59.1 Å². The third-order valence-electron chi connectivity index (χ3n) is 4.52. The summed E-state index contributed by atoms with van der Waals surface area (Å²) < 4.78 is 1.20. The van der Waals surface area contributed by atoms with Crippen LogP contribution < -0.4 is 10.6 Å². The Morgan fingerprint density at radius 1 is 1.26 bits per heavy atom. The first-order chi connectivity index (χ1) is 13.1. The number of benzene rings is 2. The van der Waals surface area contributed by atoms with Crippen LogP contribution in [-0.4, -0.2) is 41.0 Å². The number of nitrogens with zero attached hydrogens (tertiary/aromatic N) is 2. The van der Waals surface area contributed by atoms with Crippen LogP contribution in [0.15, 0.2) is 48.5 Å². The number of fused-ring (bicyclic) bond motifs is 1. The first kappa shape index (κ1) is 17.5. The Morgan fingerprint density at radius 3 is 2.74 bits per heavy atom. The van der Waals surface area contributed by atoms with Crippen LogP contribution >= 0.6 is 11.3 Å². The highest BCUT2D eigenvalue weighted by atomic mass is 32.1. The fourth-order valence-corrected chi connectivity index (χ4v) is 4.12. The molecule has 4 rings (SSSR count). The van der Waals surface area contributed by atoms with Gasteiger partial charge in [0.2, 0.25) is 0 Å². The van der Waals surface area contributed by atoms with Gasteiger partial charge >= 0.3 is 6.03 Å². The van der Waals surface area contributed by atoms with E-state index >= 15 is 0 Å². The lowest BCUT2D eigenvalue weighted by molar-refractivity contribution is -0.128. The highest BCUT2D eigenvalue weighted by molar-refractivity contribution is 7.18. The third kappa shape index (κ3) is 3.78. The average Bonchev–Trinajstić information content (AvgIpc) is 3.28. The molecule has 0 bridgehead atoms. The molecule has 7 heteroatoms. The van der Waals surface area contributed by atoms with Gasteiger partial charge < -0.3 is 10.6 Å². The first-order valence-electron chi connectivity index (χ1n) is 8.89. The number of rotatable bonds is 5. The third-order valence-corrected chi connectivity index (χ3v) is 5.56. The summed E-state index contributed by atoms with van der Waals surface area (Å²) in [4.78, 5) is 29.9. The van der Waals surface area contributed by atoms with Gasteiger partial charge in [0, 0.05) is 25.2 Å².